The van der Waals surface area contributed by atoms with E-state index < -0.39 is 17.9 Å². The van der Waals surface area contributed by atoms with E-state index in [0.717, 1.165) is 5.69 Å². The van der Waals surface area contributed by atoms with Crippen LogP contribution in [0.25, 0.3) is 0 Å². The van der Waals surface area contributed by atoms with Gasteiger partial charge < -0.3 is 20.5 Å². The second-order valence-electron chi connectivity index (χ2n) is 4.61. The number of para-hydroxylation sites is 1. The molecule has 0 radical (unpaired) electrons. The third kappa shape index (κ3) is 3.01. The number of hydrogen-bond acceptors (Lipinski definition) is 4. The number of carbonyl (C=O) groups excluding carboxylic acids is 1. The number of rotatable bonds is 5. The lowest BCUT2D eigenvalue weighted by atomic mass is 10.1. The van der Waals surface area contributed by atoms with Crippen molar-refractivity contribution in [2.45, 2.75) is 25.8 Å². The van der Waals surface area contributed by atoms with Crippen LogP contribution in [0.1, 0.15) is 30.1 Å². The molecule has 1 heterocycles. The molecule has 2 rings (SSSR count). The van der Waals surface area contributed by atoms with Gasteiger partial charge in [0, 0.05) is 6.54 Å². The number of nitrogens with one attached hydrogen (secondary N) is 2. The number of carboxylic acid groups (broad SMARTS) is 1. The molecule has 1 aliphatic rings. The molecule has 0 aromatic heterocycles. The molecular weight excluding hydrogens is 260 g/mol. The summed E-state index contributed by atoms with van der Waals surface area (Å²) in [4.78, 5) is 23.3. The quantitative estimate of drug-likeness (QED) is 0.759. The Labute approximate surface area is 117 Å². The number of hydrogen-bond donors (Lipinski definition) is 3. The predicted molar refractivity (Wildman–Crippen MR) is 74.2 cm³/mol. The first-order chi connectivity index (χ1) is 9.63. The number of carbonyl (C=O) groups is 2. The van der Waals surface area contributed by atoms with Crippen LogP contribution >= 0.6 is 0 Å². The molecule has 1 aromatic rings. The normalized spacial score (nSPS) is 14.4. The van der Waals surface area contributed by atoms with Crippen molar-refractivity contribution in [3.05, 3.63) is 23.8 Å². The molecule has 0 aliphatic carbocycles. The van der Waals surface area contributed by atoms with Crippen LogP contribution in [-0.4, -0.2) is 36.2 Å². The first kappa shape index (κ1) is 14.2. The van der Waals surface area contributed by atoms with E-state index in [2.05, 4.69) is 10.6 Å². The molecule has 0 saturated heterocycles. The summed E-state index contributed by atoms with van der Waals surface area (Å²) < 4.78 is 5.51. The van der Waals surface area contributed by atoms with E-state index in [1.807, 2.05) is 13.0 Å². The number of fused-ring (bicyclic) bond motifs is 1. The third-order valence-electron chi connectivity index (χ3n) is 3.10. The second kappa shape index (κ2) is 6.27. The molecule has 6 heteroatoms. The Kier molecular flexibility index (Phi) is 4.45. The van der Waals surface area contributed by atoms with Gasteiger partial charge in [-0.15, -0.1) is 0 Å². The fourth-order valence-corrected chi connectivity index (χ4v) is 2.13. The Morgan fingerprint density at radius 1 is 1.50 bits per heavy atom. The van der Waals surface area contributed by atoms with Crippen molar-refractivity contribution in [3.8, 4) is 5.75 Å². The Hall–Kier alpha value is -2.24. The lowest BCUT2D eigenvalue weighted by molar-refractivity contribution is -0.139. The third-order valence-corrected chi connectivity index (χ3v) is 3.10. The highest BCUT2D eigenvalue weighted by atomic mass is 16.5. The zero-order chi connectivity index (χ0) is 14.5. The van der Waals surface area contributed by atoms with Crippen molar-refractivity contribution in [3.63, 3.8) is 0 Å². The van der Waals surface area contributed by atoms with Gasteiger partial charge in [0.25, 0.3) is 5.91 Å². The maximum Gasteiger partial charge on any atom is 0.326 e. The Morgan fingerprint density at radius 2 is 2.30 bits per heavy atom. The molecule has 0 bridgehead atoms. The van der Waals surface area contributed by atoms with Crippen LogP contribution < -0.4 is 15.4 Å². The van der Waals surface area contributed by atoms with Crippen molar-refractivity contribution < 1.29 is 19.4 Å². The van der Waals surface area contributed by atoms with Gasteiger partial charge in [-0.2, -0.15) is 0 Å². The first-order valence-corrected chi connectivity index (χ1v) is 6.66. The molecule has 6 nitrogen and oxygen atoms in total. The van der Waals surface area contributed by atoms with Crippen molar-refractivity contribution >= 4 is 17.6 Å². The molecule has 3 N–H and O–H groups in total. The molecule has 20 heavy (non-hydrogen) atoms. The van der Waals surface area contributed by atoms with E-state index in [1.54, 1.807) is 12.1 Å². The highest BCUT2D eigenvalue weighted by Crippen LogP contribution is 2.31. The molecule has 0 fully saturated rings. The van der Waals surface area contributed by atoms with Crippen LogP contribution in [0.3, 0.4) is 0 Å². The van der Waals surface area contributed by atoms with Gasteiger partial charge in [-0.05, 0) is 18.6 Å². The predicted octanol–water partition coefficient (Wildman–Crippen LogP) is 1.47. The minimum Gasteiger partial charge on any atom is -0.489 e. The molecule has 1 atom stereocenters. The average molecular weight is 278 g/mol. The summed E-state index contributed by atoms with van der Waals surface area (Å²) in [5, 5.41) is 14.8. The van der Waals surface area contributed by atoms with Crippen molar-refractivity contribution in [1.29, 1.82) is 0 Å². The molecule has 1 aliphatic heterocycles. The highest BCUT2D eigenvalue weighted by molar-refractivity contribution is 6.00. The summed E-state index contributed by atoms with van der Waals surface area (Å²) >= 11 is 0. The zero-order valence-corrected chi connectivity index (χ0v) is 11.3. The van der Waals surface area contributed by atoms with Crippen LogP contribution in [-0.2, 0) is 4.79 Å². The summed E-state index contributed by atoms with van der Waals surface area (Å²) in [6, 6.07) is 4.32. The van der Waals surface area contributed by atoms with Crippen molar-refractivity contribution in [1.82, 2.24) is 5.32 Å². The number of aliphatic carboxylic acids is 1. The molecule has 1 aromatic carbocycles. The molecule has 0 saturated carbocycles. The fraction of sp³-hybridized carbons (Fsp3) is 0.429. The monoisotopic (exact) mass is 278 g/mol. The number of ether oxygens (including phenoxy) is 1. The van der Waals surface area contributed by atoms with Gasteiger partial charge in [0.05, 0.1) is 11.3 Å². The standard InChI is InChI=1S/C14H18N2O4/c1-2-4-11(14(18)19)16-13(17)9-5-3-6-10-12(9)20-8-7-15-10/h3,5-6,11,15H,2,4,7-8H2,1H3,(H,16,17)(H,18,19)/t11-/m0/s1. The van der Waals surface area contributed by atoms with E-state index in [-0.39, 0.29) is 0 Å². The summed E-state index contributed by atoms with van der Waals surface area (Å²) in [5.74, 6) is -0.965. The number of carboxylic acids is 1. The second-order valence-corrected chi connectivity index (χ2v) is 4.61. The SMILES string of the molecule is CCC[C@H](NC(=O)c1cccc2c1OCCN2)C(=O)O. The zero-order valence-electron chi connectivity index (χ0n) is 11.3. The van der Waals surface area contributed by atoms with Gasteiger partial charge in [-0.1, -0.05) is 19.4 Å². The summed E-state index contributed by atoms with van der Waals surface area (Å²) in [5.41, 5.74) is 1.11. The minimum absolute atomic E-state index is 0.358. The highest BCUT2D eigenvalue weighted by Gasteiger charge is 2.23. The molecule has 1 amide bonds. The van der Waals surface area contributed by atoms with Crippen LogP contribution in [0, 0.1) is 0 Å². The smallest absolute Gasteiger partial charge is 0.326 e. The first-order valence-electron chi connectivity index (χ1n) is 6.66. The Morgan fingerprint density at radius 3 is 3.00 bits per heavy atom. The van der Waals surface area contributed by atoms with E-state index in [9.17, 15) is 9.59 Å². The van der Waals surface area contributed by atoms with Crippen LogP contribution in [0.5, 0.6) is 5.75 Å². The van der Waals surface area contributed by atoms with E-state index in [1.165, 1.54) is 0 Å². The topological polar surface area (TPSA) is 87.7 Å². The lowest BCUT2D eigenvalue weighted by Gasteiger charge is -2.22. The van der Waals surface area contributed by atoms with E-state index >= 15 is 0 Å². The Bertz CT molecular complexity index is 516. The summed E-state index contributed by atoms with van der Waals surface area (Å²) in [6.45, 7) is 3.04. The van der Waals surface area contributed by atoms with E-state index in [0.29, 0.717) is 37.3 Å². The maximum atomic E-state index is 12.2. The van der Waals surface area contributed by atoms with Crippen molar-refractivity contribution in [2.24, 2.45) is 0 Å². The van der Waals surface area contributed by atoms with Crippen molar-refractivity contribution in [2.75, 3.05) is 18.5 Å². The van der Waals surface area contributed by atoms with Gasteiger partial charge in [0.2, 0.25) is 0 Å². The number of benzene rings is 1. The molecule has 0 spiro atoms. The number of amides is 1. The average Bonchev–Trinajstić information content (AvgIpc) is 2.46. The van der Waals surface area contributed by atoms with Gasteiger partial charge in [-0.3, -0.25) is 4.79 Å². The molecular formula is C14H18N2O4. The largest absolute Gasteiger partial charge is 0.489 e. The van der Waals surface area contributed by atoms with Crippen LogP contribution in [0.2, 0.25) is 0 Å². The van der Waals surface area contributed by atoms with Gasteiger partial charge in [0.15, 0.2) is 5.75 Å². The van der Waals surface area contributed by atoms with Crippen LogP contribution in [0.4, 0.5) is 5.69 Å². The number of anilines is 1. The summed E-state index contributed by atoms with van der Waals surface area (Å²) in [7, 11) is 0. The fourth-order valence-electron chi connectivity index (χ4n) is 2.13. The minimum atomic E-state index is -1.02. The summed E-state index contributed by atoms with van der Waals surface area (Å²) in [6.07, 6.45) is 1.08. The van der Waals surface area contributed by atoms with Gasteiger partial charge in [-0.25, -0.2) is 4.79 Å². The van der Waals surface area contributed by atoms with Gasteiger partial charge >= 0.3 is 5.97 Å². The molecule has 0 unspecified atom stereocenters. The molecule has 108 valence electrons. The van der Waals surface area contributed by atoms with E-state index in [4.69, 9.17) is 9.84 Å². The maximum absolute atomic E-state index is 12.2. The Balaban J connectivity index is 2.19. The lowest BCUT2D eigenvalue weighted by Crippen LogP contribution is -2.41. The van der Waals surface area contributed by atoms with Crippen LogP contribution in [0.15, 0.2) is 18.2 Å². The van der Waals surface area contributed by atoms with Gasteiger partial charge in [0.1, 0.15) is 12.6 Å².